The molecule has 0 radical (unpaired) electrons. The van der Waals surface area contributed by atoms with Crippen molar-refractivity contribution in [1.82, 2.24) is 9.78 Å². The zero-order chi connectivity index (χ0) is 9.52. The topological polar surface area (TPSA) is 53.1 Å². The molecule has 0 atom stereocenters. The molecule has 0 aliphatic rings. The van der Waals surface area contributed by atoms with E-state index in [-0.39, 0.29) is 0 Å². The van der Waals surface area contributed by atoms with E-state index >= 15 is 0 Å². The van der Waals surface area contributed by atoms with Gasteiger partial charge in [-0.05, 0) is 19.4 Å². The highest BCUT2D eigenvalue weighted by Gasteiger charge is 1.98. The SMILES string of the molecule is CCOCCCn1nccc1CN. The van der Waals surface area contributed by atoms with Crippen LogP contribution in [0.25, 0.3) is 0 Å². The lowest BCUT2D eigenvalue weighted by molar-refractivity contribution is 0.140. The molecule has 0 spiro atoms. The molecule has 0 unspecified atom stereocenters. The smallest absolute Gasteiger partial charge is 0.0519 e. The molecular formula is C9H17N3O. The molecule has 1 aromatic rings. The van der Waals surface area contributed by atoms with Gasteiger partial charge in [0.25, 0.3) is 0 Å². The van der Waals surface area contributed by atoms with Crippen molar-refractivity contribution in [3.05, 3.63) is 18.0 Å². The third-order valence-electron chi connectivity index (χ3n) is 1.88. The molecule has 0 aliphatic heterocycles. The third kappa shape index (κ3) is 3.16. The van der Waals surface area contributed by atoms with Crippen molar-refractivity contribution in [2.75, 3.05) is 13.2 Å². The average molecular weight is 183 g/mol. The summed E-state index contributed by atoms with van der Waals surface area (Å²) in [6.07, 6.45) is 2.77. The Hall–Kier alpha value is -0.870. The fraction of sp³-hybridized carbons (Fsp3) is 0.667. The fourth-order valence-corrected chi connectivity index (χ4v) is 1.20. The van der Waals surface area contributed by atoms with E-state index in [1.807, 2.05) is 17.7 Å². The zero-order valence-electron chi connectivity index (χ0n) is 8.07. The number of aromatic nitrogens is 2. The van der Waals surface area contributed by atoms with Crippen molar-refractivity contribution in [3.8, 4) is 0 Å². The first kappa shape index (κ1) is 10.2. The summed E-state index contributed by atoms with van der Waals surface area (Å²) in [4.78, 5) is 0. The van der Waals surface area contributed by atoms with Gasteiger partial charge in [-0.1, -0.05) is 0 Å². The Bertz CT molecular complexity index is 235. The summed E-state index contributed by atoms with van der Waals surface area (Å²) in [6.45, 7) is 5.01. The molecule has 1 heterocycles. The number of ether oxygens (including phenoxy) is 1. The first-order chi connectivity index (χ1) is 6.38. The maximum Gasteiger partial charge on any atom is 0.0519 e. The second-order valence-electron chi connectivity index (χ2n) is 2.80. The Morgan fingerprint density at radius 1 is 1.62 bits per heavy atom. The highest BCUT2D eigenvalue weighted by atomic mass is 16.5. The van der Waals surface area contributed by atoms with E-state index in [1.54, 1.807) is 6.20 Å². The normalized spacial score (nSPS) is 10.6. The Morgan fingerprint density at radius 3 is 3.15 bits per heavy atom. The predicted octanol–water partition coefficient (Wildman–Crippen LogP) is 0.768. The van der Waals surface area contributed by atoms with Gasteiger partial charge in [-0.25, -0.2) is 0 Å². The Kier molecular flexibility index (Phi) is 4.49. The molecule has 0 aromatic carbocycles. The molecule has 0 aliphatic carbocycles. The first-order valence-corrected chi connectivity index (χ1v) is 4.67. The molecule has 0 fully saturated rings. The quantitative estimate of drug-likeness (QED) is 0.663. The van der Waals surface area contributed by atoms with Gasteiger partial charge in [0.1, 0.15) is 0 Å². The monoisotopic (exact) mass is 183 g/mol. The Morgan fingerprint density at radius 2 is 2.46 bits per heavy atom. The van der Waals surface area contributed by atoms with Crippen LogP contribution < -0.4 is 5.73 Å². The number of nitrogens with zero attached hydrogens (tertiary/aromatic N) is 2. The molecule has 4 nitrogen and oxygen atoms in total. The fourth-order valence-electron chi connectivity index (χ4n) is 1.20. The van der Waals surface area contributed by atoms with Gasteiger partial charge in [-0.15, -0.1) is 0 Å². The average Bonchev–Trinajstić information content (AvgIpc) is 2.60. The lowest BCUT2D eigenvalue weighted by Crippen LogP contribution is -2.10. The number of rotatable bonds is 6. The van der Waals surface area contributed by atoms with Gasteiger partial charge in [-0.3, -0.25) is 4.68 Å². The van der Waals surface area contributed by atoms with Crippen LogP contribution in [0.3, 0.4) is 0 Å². The van der Waals surface area contributed by atoms with Crippen LogP contribution in [0.15, 0.2) is 12.3 Å². The van der Waals surface area contributed by atoms with Gasteiger partial charge in [0.15, 0.2) is 0 Å². The second kappa shape index (κ2) is 5.72. The Balaban J connectivity index is 2.27. The van der Waals surface area contributed by atoms with Crippen molar-refractivity contribution in [2.24, 2.45) is 5.73 Å². The van der Waals surface area contributed by atoms with E-state index in [4.69, 9.17) is 10.5 Å². The first-order valence-electron chi connectivity index (χ1n) is 4.67. The summed E-state index contributed by atoms with van der Waals surface area (Å²) in [7, 11) is 0. The molecular weight excluding hydrogens is 166 g/mol. The van der Waals surface area contributed by atoms with Gasteiger partial charge in [0.2, 0.25) is 0 Å². The van der Waals surface area contributed by atoms with E-state index in [0.717, 1.165) is 31.9 Å². The molecule has 0 bridgehead atoms. The van der Waals surface area contributed by atoms with Crippen molar-refractivity contribution >= 4 is 0 Å². The van der Waals surface area contributed by atoms with Gasteiger partial charge in [0, 0.05) is 32.5 Å². The molecule has 2 N–H and O–H groups in total. The summed E-state index contributed by atoms with van der Waals surface area (Å²) in [5, 5.41) is 4.17. The summed E-state index contributed by atoms with van der Waals surface area (Å²) < 4.78 is 7.16. The number of nitrogens with two attached hydrogens (primary N) is 1. The van der Waals surface area contributed by atoms with E-state index in [1.165, 1.54) is 0 Å². The van der Waals surface area contributed by atoms with Crippen LogP contribution in [-0.2, 0) is 17.8 Å². The molecule has 0 saturated heterocycles. The standard InChI is InChI=1S/C9H17N3O/c1-2-13-7-3-6-12-9(8-10)4-5-11-12/h4-5H,2-3,6-8,10H2,1H3. The van der Waals surface area contributed by atoms with Crippen LogP contribution in [0.4, 0.5) is 0 Å². The van der Waals surface area contributed by atoms with Gasteiger partial charge in [0.05, 0.1) is 5.69 Å². The zero-order valence-corrected chi connectivity index (χ0v) is 8.07. The summed E-state index contributed by atoms with van der Waals surface area (Å²) in [5.41, 5.74) is 6.61. The highest BCUT2D eigenvalue weighted by molar-refractivity contribution is 4.99. The molecule has 1 rings (SSSR count). The summed E-state index contributed by atoms with van der Waals surface area (Å²) in [6, 6.07) is 1.95. The molecule has 0 amide bonds. The van der Waals surface area contributed by atoms with E-state index in [2.05, 4.69) is 5.10 Å². The number of aryl methyl sites for hydroxylation is 1. The molecule has 0 saturated carbocycles. The molecule has 13 heavy (non-hydrogen) atoms. The van der Waals surface area contributed by atoms with E-state index < -0.39 is 0 Å². The van der Waals surface area contributed by atoms with Gasteiger partial charge >= 0.3 is 0 Å². The molecule has 1 aromatic heterocycles. The van der Waals surface area contributed by atoms with Crippen LogP contribution in [0, 0.1) is 0 Å². The Labute approximate surface area is 78.7 Å². The minimum atomic E-state index is 0.550. The minimum absolute atomic E-state index is 0.550. The lowest BCUT2D eigenvalue weighted by Gasteiger charge is -2.05. The summed E-state index contributed by atoms with van der Waals surface area (Å²) in [5.74, 6) is 0. The van der Waals surface area contributed by atoms with Crippen molar-refractivity contribution in [3.63, 3.8) is 0 Å². The van der Waals surface area contributed by atoms with Crippen molar-refractivity contribution in [1.29, 1.82) is 0 Å². The van der Waals surface area contributed by atoms with Gasteiger partial charge in [-0.2, -0.15) is 5.10 Å². The van der Waals surface area contributed by atoms with Crippen LogP contribution in [-0.4, -0.2) is 23.0 Å². The van der Waals surface area contributed by atoms with Gasteiger partial charge < -0.3 is 10.5 Å². The van der Waals surface area contributed by atoms with Crippen LogP contribution in [0.2, 0.25) is 0 Å². The van der Waals surface area contributed by atoms with Crippen LogP contribution >= 0.6 is 0 Å². The molecule has 74 valence electrons. The molecule has 4 heteroatoms. The lowest BCUT2D eigenvalue weighted by atomic mass is 10.4. The minimum Gasteiger partial charge on any atom is -0.382 e. The van der Waals surface area contributed by atoms with E-state index in [0.29, 0.717) is 6.54 Å². The largest absolute Gasteiger partial charge is 0.382 e. The highest BCUT2D eigenvalue weighted by Crippen LogP contribution is 1.98. The second-order valence-corrected chi connectivity index (χ2v) is 2.80. The van der Waals surface area contributed by atoms with Crippen LogP contribution in [0.5, 0.6) is 0 Å². The van der Waals surface area contributed by atoms with E-state index in [9.17, 15) is 0 Å². The number of hydrogen-bond acceptors (Lipinski definition) is 3. The third-order valence-corrected chi connectivity index (χ3v) is 1.88. The van der Waals surface area contributed by atoms with Crippen molar-refractivity contribution in [2.45, 2.75) is 26.4 Å². The maximum absolute atomic E-state index is 5.53. The predicted molar refractivity (Wildman–Crippen MR) is 51.2 cm³/mol. The van der Waals surface area contributed by atoms with Crippen LogP contribution in [0.1, 0.15) is 19.0 Å². The maximum atomic E-state index is 5.53. The summed E-state index contributed by atoms with van der Waals surface area (Å²) >= 11 is 0. The van der Waals surface area contributed by atoms with Crippen molar-refractivity contribution < 1.29 is 4.74 Å². The number of hydrogen-bond donors (Lipinski definition) is 1.